The number of amides is 2. The molecule has 1 aromatic heterocycles. The van der Waals surface area contributed by atoms with E-state index in [1.807, 2.05) is 6.92 Å². The lowest BCUT2D eigenvalue weighted by Crippen LogP contribution is -2.50. The minimum atomic E-state index is -0.102. The first kappa shape index (κ1) is 18.8. The van der Waals surface area contributed by atoms with Crippen molar-refractivity contribution in [2.45, 2.75) is 13.8 Å². The Labute approximate surface area is 158 Å². The lowest BCUT2D eigenvalue weighted by Gasteiger charge is -2.34. The van der Waals surface area contributed by atoms with Crippen molar-refractivity contribution in [3.63, 3.8) is 0 Å². The quantitative estimate of drug-likeness (QED) is 0.825. The minimum Gasteiger partial charge on any atom is -0.497 e. The standard InChI is InChI=1S/C20H24N2O5/c1-13-9-18(14(2)27-13)20(24)22-7-5-21(6-8-22)19(23)15-10-16(25-3)12-17(11-15)26-4/h9-12H,5-8H2,1-4H3. The van der Waals surface area contributed by atoms with Crippen LogP contribution in [-0.2, 0) is 0 Å². The van der Waals surface area contributed by atoms with Crippen molar-refractivity contribution in [2.75, 3.05) is 40.4 Å². The number of carbonyl (C=O) groups is 2. The van der Waals surface area contributed by atoms with Crippen molar-refractivity contribution >= 4 is 11.8 Å². The third-order valence-corrected chi connectivity index (χ3v) is 4.72. The maximum atomic E-state index is 12.8. The van der Waals surface area contributed by atoms with Gasteiger partial charge in [0.15, 0.2) is 0 Å². The van der Waals surface area contributed by atoms with Gasteiger partial charge in [0.05, 0.1) is 19.8 Å². The summed E-state index contributed by atoms with van der Waals surface area (Å²) in [4.78, 5) is 29.0. The Morgan fingerprint density at radius 2 is 1.37 bits per heavy atom. The summed E-state index contributed by atoms with van der Waals surface area (Å²) in [5.74, 6) is 2.32. The van der Waals surface area contributed by atoms with Gasteiger partial charge in [-0.15, -0.1) is 0 Å². The zero-order chi connectivity index (χ0) is 19.6. The first-order valence-corrected chi connectivity index (χ1v) is 8.81. The minimum absolute atomic E-state index is 0.0560. The summed E-state index contributed by atoms with van der Waals surface area (Å²) in [5.41, 5.74) is 1.09. The van der Waals surface area contributed by atoms with E-state index in [2.05, 4.69) is 0 Å². The van der Waals surface area contributed by atoms with Gasteiger partial charge in [-0.05, 0) is 32.0 Å². The van der Waals surface area contributed by atoms with Gasteiger partial charge < -0.3 is 23.7 Å². The monoisotopic (exact) mass is 372 g/mol. The predicted octanol–water partition coefficient (Wildman–Crippen LogP) is 2.51. The maximum absolute atomic E-state index is 12.8. The van der Waals surface area contributed by atoms with Crippen molar-refractivity contribution in [1.82, 2.24) is 9.80 Å². The highest BCUT2D eigenvalue weighted by Gasteiger charge is 2.27. The number of rotatable bonds is 4. The van der Waals surface area contributed by atoms with E-state index in [1.165, 1.54) is 0 Å². The van der Waals surface area contributed by atoms with Gasteiger partial charge in [-0.1, -0.05) is 0 Å². The molecule has 2 amide bonds. The number of hydrogen-bond acceptors (Lipinski definition) is 5. The van der Waals surface area contributed by atoms with E-state index < -0.39 is 0 Å². The van der Waals surface area contributed by atoms with Gasteiger partial charge in [0.2, 0.25) is 0 Å². The summed E-state index contributed by atoms with van der Waals surface area (Å²) in [6, 6.07) is 6.88. The zero-order valence-electron chi connectivity index (χ0n) is 16.1. The summed E-state index contributed by atoms with van der Waals surface area (Å²) in [6.45, 7) is 5.52. The van der Waals surface area contributed by atoms with Crippen LogP contribution in [0, 0.1) is 13.8 Å². The number of piperazine rings is 1. The van der Waals surface area contributed by atoms with E-state index in [0.29, 0.717) is 54.6 Å². The zero-order valence-corrected chi connectivity index (χ0v) is 16.1. The molecule has 2 heterocycles. The fourth-order valence-electron chi connectivity index (χ4n) is 3.24. The highest BCUT2D eigenvalue weighted by atomic mass is 16.5. The molecule has 0 bridgehead atoms. The molecule has 0 aliphatic carbocycles. The first-order chi connectivity index (χ1) is 12.9. The number of benzene rings is 1. The third-order valence-electron chi connectivity index (χ3n) is 4.72. The fraction of sp³-hybridized carbons (Fsp3) is 0.400. The summed E-state index contributed by atoms with van der Waals surface area (Å²) in [5, 5.41) is 0. The Kier molecular flexibility index (Phi) is 5.39. The number of nitrogens with zero attached hydrogens (tertiary/aromatic N) is 2. The van der Waals surface area contributed by atoms with Crippen LogP contribution in [0.1, 0.15) is 32.2 Å². The van der Waals surface area contributed by atoms with Crippen LogP contribution in [0.15, 0.2) is 28.7 Å². The van der Waals surface area contributed by atoms with Crippen LogP contribution in [0.4, 0.5) is 0 Å². The van der Waals surface area contributed by atoms with E-state index in [1.54, 1.807) is 55.2 Å². The molecule has 1 aromatic carbocycles. The van der Waals surface area contributed by atoms with Gasteiger partial charge in [-0.3, -0.25) is 9.59 Å². The Morgan fingerprint density at radius 1 is 0.852 bits per heavy atom. The van der Waals surface area contributed by atoms with Crippen LogP contribution in [-0.4, -0.2) is 62.0 Å². The van der Waals surface area contributed by atoms with Crippen LogP contribution in [0.3, 0.4) is 0 Å². The summed E-state index contributed by atoms with van der Waals surface area (Å²) in [7, 11) is 3.10. The Hall–Kier alpha value is -2.96. The molecule has 0 radical (unpaired) electrons. The number of carbonyl (C=O) groups excluding carboxylic acids is 2. The van der Waals surface area contributed by atoms with Crippen molar-refractivity contribution < 1.29 is 23.5 Å². The molecule has 0 spiro atoms. The molecule has 0 saturated carbocycles. The number of hydrogen-bond donors (Lipinski definition) is 0. The SMILES string of the molecule is COc1cc(OC)cc(C(=O)N2CCN(C(=O)c3cc(C)oc3C)CC2)c1. The molecular formula is C20H24N2O5. The van der Waals surface area contributed by atoms with Gasteiger partial charge >= 0.3 is 0 Å². The number of ether oxygens (including phenoxy) is 2. The van der Waals surface area contributed by atoms with Gasteiger partial charge in [-0.2, -0.15) is 0 Å². The summed E-state index contributed by atoms with van der Waals surface area (Å²) >= 11 is 0. The molecule has 1 fully saturated rings. The summed E-state index contributed by atoms with van der Waals surface area (Å²) in [6.07, 6.45) is 0. The van der Waals surface area contributed by atoms with Crippen molar-refractivity contribution in [3.8, 4) is 11.5 Å². The highest BCUT2D eigenvalue weighted by molar-refractivity contribution is 5.97. The lowest BCUT2D eigenvalue weighted by molar-refractivity contribution is 0.0534. The lowest BCUT2D eigenvalue weighted by atomic mass is 10.1. The molecule has 144 valence electrons. The summed E-state index contributed by atoms with van der Waals surface area (Å²) < 4.78 is 15.9. The van der Waals surface area contributed by atoms with E-state index in [0.717, 1.165) is 5.76 Å². The molecule has 1 aliphatic heterocycles. The van der Waals surface area contributed by atoms with Crippen LogP contribution < -0.4 is 9.47 Å². The second-order valence-electron chi connectivity index (χ2n) is 6.51. The van der Waals surface area contributed by atoms with Crippen molar-refractivity contribution in [2.24, 2.45) is 0 Å². The molecule has 0 atom stereocenters. The van der Waals surface area contributed by atoms with Crippen molar-refractivity contribution in [1.29, 1.82) is 0 Å². The van der Waals surface area contributed by atoms with Crippen LogP contribution in [0.25, 0.3) is 0 Å². The van der Waals surface area contributed by atoms with E-state index >= 15 is 0 Å². The fourth-order valence-corrected chi connectivity index (χ4v) is 3.24. The molecule has 27 heavy (non-hydrogen) atoms. The Bertz CT molecular complexity index is 828. The van der Waals surface area contributed by atoms with Gasteiger partial charge in [-0.25, -0.2) is 0 Å². The van der Waals surface area contributed by atoms with Gasteiger partial charge in [0.25, 0.3) is 11.8 Å². The van der Waals surface area contributed by atoms with Gasteiger partial charge in [0.1, 0.15) is 23.0 Å². The van der Waals surface area contributed by atoms with E-state index in [9.17, 15) is 9.59 Å². The number of aryl methyl sites for hydroxylation is 2. The Balaban J connectivity index is 1.67. The van der Waals surface area contributed by atoms with E-state index in [-0.39, 0.29) is 11.8 Å². The second-order valence-corrected chi connectivity index (χ2v) is 6.51. The molecule has 2 aromatic rings. The maximum Gasteiger partial charge on any atom is 0.257 e. The molecule has 7 nitrogen and oxygen atoms in total. The van der Waals surface area contributed by atoms with Crippen LogP contribution in [0.5, 0.6) is 11.5 Å². The second kappa shape index (κ2) is 7.73. The molecule has 1 saturated heterocycles. The molecule has 1 aliphatic rings. The smallest absolute Gasteiger partial charge is 0.257 e. The predicted molar refractivity (Wildman–Crippen MR) is 99.5 cm³/mol. The average molecular weight is 372 g/mol. The number of methoxy groups -OCH3 is 2. The van der Waals surface area contributed by atoms with Crippen LogP contribution in [0.2, 0.25) is 0 Å². The topological polar surface area (TPSA) is 72.2 Å². The molecule has 0 unspecified atom stereocenters. The van der Waals surface area contributed by atoms with E-state index in [4.69, 9.17) is 13.9 Å². The first-order valence-electron chi connectivity index (χ1n) is 8.81. The Morgan fingerprint density at radius 3 is 1.81 bits per heavy atom. The molecule has 3 rings (SSSR count). The number of furan rings is 1. The molecule has 0 N–H and O–H groups in total. The van der Waals surface area contributed by atoms with Crippen LogP contribution >= 0.6 is 0 Å². The van der Waals surface area contributed by atoms with Gasteiger partial charge in [0, 0.05) is 37.8 Å². The third kappa shape index (κ3) is 3.92. The molecular weight excluding hydrogens is 348 g/mol. The normalized spacial score (nSPS) is 14.2. The largest absolute Gasteiger partial charge is 0.497 e. The molecule has 7 heteroatoms. The highest BCUT2D eigenvalue weighted by Crippen LogP contribution is 2.24. The average Bonchev–Trinajstić information content (AvgIpc) is 3.04. The van der Waals surface area contributed by atoms with Crippen molar-refractivity contribution in [3.05, 3.63) is 46.9 Å².